The molecular weight excluding hydrogens is 193 g/mol. The number of nitrogen functional groups attached to an aromatic ring is 1. The molecule has 0 bridgehead atoms. The minimum Gasteiger partial charge on any atom is -0.488 e. The maximum absolute atomic E-state index is 8.96. The van der Waals surface area contributed by atoms with Crippen molar-refractivity contribution in [3.8, 4) is 5.75 Å². The molecule has 1 aromatic carbocycles. The van der Waals surface area contributed by atoms with Gasteiger partial charge in [-0.15, -0.1) is 0 Å². The van der Waals surface area contributed by atoms with Crippen molar-refractivity contribution in [2.75, 3.05) is 5.73 Å². The third-order valence-corrected chi connectivity index (χ3v) is 1.76. The SMILES string of the molecule is CC(C)(C)Oc1ccc(B(O)O)c(N)c1. The van der Waals surface area contributed by atoms with Crippen molar-refractivity contribution in [1.29, 1.82) is 0 Å². The van der Waals surface area contributed by atoms with E-state index in [0.29, 0.717) is 11.4 Å². The number of nitrogens with two attached hydrogens (primary N) is 1. The number of benzene rings is 1. The van der Waals surface area contributed by atoms with E-state index in [2.05, 4.69) is 0 Å². The average Bonchev–Trinajstić information content (AvgIpc) is 1.99. The Balaban J connectivity index is 2.92. The zero-order chi connectivity index (χ0) is 11.6. The van der Waals surface area contributed by atoms with E-state index >= 15 is 0 Å². The molecular formula is C10H16BNO3. The average molecular weight is 209 g/mol. The van der Waals surface area contributed by atoms with Gasteiger partial charge < -0.3 is 20.5 Å². The van der Waals surface area contributed by atoms with Gasteiger partial charge in [-0.1, -0.05) is 6.07 Å². The summed E-state index contributed by atoms with van der Waals surface area (Å²) in [5.41, 5.74) is 5.94. The van der Waals surface area contributed by atoms with Crippen molar-refractivity contribution in [2.24, 2.45) is 0 Å². The smallest absolute Gasteiger partial charge is 0.488 e. The number of anilines is 1. The Kier molecular flexibility index (Phi) is 3.26. The fourth-order valence-corrected chi connectivity index (χ4v) is 1.21. The summed E-state index contributed by atoms with van der Waals surface area (Å²) in [5, 5.41) is 17.9. The normalized spacial score (nSPS) is 11.3. The Hall–Kier alpha value is -1.20. The Morgan fingerprint density at radius 1 is 1.27 bits per heavy atom. The van der Waals surface area contributed by atoms with Crippen LogP contribution in [0.5, 0.6) is 5.75 Å². The standard InChI is InChI=1S/C10H16BNO3/c1-10(2,3)15-7-4-5-8(11(13)14)9(12)6-7/h4-6,13-14H,12H2,1-3H3. The van der Waals surface area contributed by atoms with Gasteiger partial charge in [0, 0.05) is 17.2 Å². The van der Waals surface area contributed by atoms with E-state index < -0.39 is 7.12 Å². The summed E-state index contributed by atoms with van der Waals surface area (Å²) in [4.78, 5) is 0. The first-order valence-corrected chi connectivity index (χ1v) is 4.74. The predicted octanol–water partition coefficient (Wildman–Crippen LogP) is 0.126. The van der Waals surface area contributed by atoms with Crippen molar-refractivity contribution in [1.82, 2.24) is 0 Å². The van der Waals surface area contributed by atoms with Crippen LogP contribution in [0.15, 0.2) is 18.2 Å². The molecule has 0 spiro atoms. The van der Waals surface area contributed by atoms with Crippen LogP contribution in [0.4, 0.5) is 5.69 Å². The summed E-state index contributed by atoms with van der Waals surface area (Å²) in [6.07, 6.45) is 0. The molecule has 0 aromatic heterocycles. The fourth-order valence-electron chi connectivity index (χ4n) is 1.21. The fraction of sp³-hybridized carbons (Fsp3) is 0.400. The molecule has 0 amide bonds. The van der Waals surface area contributed by atoms with Crippen LogP contribution in [0.2, 0.25) is 0 Å². The molecule has 0 fully saturated rings. The van der Waals surface area contributed by atoms with Crippen molar-refractivity contribution in [3.05, 3.63) is 18.2 Å². The quantitative estimate of drug-likeness (QED) is 0.477. The van der Waals surface area contributed by atoms with Gasteiger partial charge in [0.15, 0.2) is 0 Å². The lowest BCUT2D eigenvalue weighted by Crippen LogP contribution is -2.32. The van der Waals surface area contributed by atoms with Gasteiger partial charge in [0.05, 0.1) is 0 Å². The van der Waals surface area contributed by atoms with Crippen LogP contribution in [0.3, 0.4) is 0 Å². The Morgan fingerprint density at radius 2 is 1.87 bits per heavy atom. The highest BCUT2D eigenvalue weighted by atomic mass is 16.5. The second-order valence-corrected chi connectivity index (χ2v) is 4.38. The van der Waals surface area contributed by atoms with Crippen LogP contribution < -0.4 is 15.9 Å². The van der Waals surface area contributed by atoms with Gasteiger partial charge in [-0.3, -0.25) is 0 Å². The molecule has 1 aromatic rings. The van der Waals surface area contributed by atoms with Gasteiger partial charge in [-0.05, 0) is 26.8 Å². The first-order chi connectivity index (χ1) is 6.79. The van der Waals surface area contributed by atoms with Crippen molar-refractivity contribution in [2.45, 2.75) is 26.4 Å². The summed E-state index contributed by atoms with van der Waals surface area (Å²) in [6, 6.07) is 4.79. The molecule has 15 heavy (non-hydrogen) atoms. The summed E-state index contributed by atoms with van der Waals surface area (Å²) in [7, 11) is -1.55. The lowest BCUT2D eigenvalue weighted by atomic mass is 9.79. The van der Waals surface area contributed by atoms with Crippen LogP contribution >= 0.6 is 0 Å². The second-order valence-electron chi connectivity index (χ2n) is 4.38. The molecule has 0 unspecified atom stereocenters. The molecule has 0 aliphatic heterocycles. The van der Waals surface area contributed by atoms with E-state index in [9.17, 15) is 0 Å². The molecule has 4 N–H and O–H groups in total. The van der Waals surface area contributed by atoms with Crippen LogP contribution in [0, 0.1) is 0 Å². The third kappa shape index (κ3) is 3.45. The van der Waals surface area contributed by atoms with Crippen molar-refractivity contribution in [3.63, 3.8) is 0 Å². The largest absolute Gasteiger partial charge is 0.490 e. The number of rotatable bonds is 2. The molecule has 1 rings (SSSR count). The van der Waals surface area contributed by atoms with Gasteiger partial charge in [0.25, 0.3) is 0 Å². The molecule has 0 saturated heterocycles. The number of hydrogen-bond donors (Lipinski definition) is 3. The molecule has 0 saturated carbocycles. The van der Waals surface area contributed by atoms with E-state index in [-0.39, 0.29) is 11.1 Å². The Bertz CT molecular complexity index is 347. The lowest BCUT2D eigenvalue weighted by Gasteiger charge is -2.21. The highest BCUT2D eigenvalue weighted by molar-refractivity contribution is 6.60. The van der Waals surface area contributed by atoms with E-state index in [1.807, 2.05) is 20.8 Å². The molecule has 82 valence electrons. The zero-order valence-corrected chi connectivity index (χ0v) is 9.19. The van der Waals surface area contributed by atoms with Gasteiger partial charge in [-0.25, -0.2) is 0 Å². The van der Waals surface area contributed by atoms with Crippen LogP contribution in [0.1, 0.15) is 20.8 Å². The summed E-state index contributed by atoms with van der Waals surface area (Å²) in [6.45, 7) is 5.79. The monoisotopic (exact) mass is 209 g/mol. The minimum absolute atomic E-state index is 0.288. The highest BCUT2D eigenvalue weighted by Gasteiger charge is 2.17. The van der Waals surface area contributed by atoms with Gasteiger partial charge in [0.1, 0.15) is 11.4 Å². The molecule has 0 aliphatic rings. The van der Waals surface area contributed by atoms with Crippen LogP contribution in [-0.4, -0.2) is 22.8 Å². The topological polar surface area (TPSA) is 75.7 Å². The minimum atomic E-state index is -1.55. The Morgan fingerprint density at radius 3 is 2.27 bits per heavy atom. The number of hydrogen-bond acceptors (Lipinski definition) is 4. The van der Waals surface area contributed by atoms with Gasteiger partial charge >= 0.3 is 7.12 Å². The summed E-state index contributed by atoms with van der Waals surface area (Å²) < 4.78 is 5.57. The predicted molar refractivity (Wildman–Crippen MR) is 61.1 cm³/mol. The van der Waals surface area contributed by atoms with E-state index in [0.717, 1.165) is 0 Å². The number of ether oxygens (including phenoxy) is 1. The molecule has 0 atom stereocenters. The van der Waals surface area contributed by atoms with E-state index in [1.165, 1.54) is 0 Å². The summed E-state index contributed by atoms with van der Waals surface area (Å²) in [5.74, 6) is 0.615. The summed E-state index contributed by atoms with van der Waals surface area (Å²) >= 11 is 0. The maximum Gasteiger partial charge on any atom is 0.490 e. The molecule has 4 nitrogen and oxygen atoms in total. The zero-order valence-electron chi connectivity index (χ0n) is 9.19. The van der Waals surface area contributed by atoms with E-state index in [4.69, 9.17) is 20.5 Å². The maximum atomic E-state index is 8.96. The molecule has 0 heterocycles. The second kappa shape index (κ2) is 4.12. The molecule has 5 heteroatoms. The van der Waals surface area contributed by atoms with Crippen LogP contribution in [0.25, 0.3) is 0 Å². The van der Waals surface area contributed by atoms with Gasteiger partial charge in [-0.2, -0.15) is 0 Å². The van der Waals surface area contributed by atoms with Gasteiger partial charge in [0.2, 0.25) is 0 Å². The first kappa shape index (κ1) is 11.9. The third-order valence-electron chi connectivity index (χ3n) is 1.76. The lowest BCUT2D eigenvalue weighted by molar-refractivity contribution is 0.131. The molecule has 0 aliphatic carbocycles. The Labute approximate surface area is 89.8 Å². The van der Waals surface area contributed by atoms with Crippen molar-refractivity contribution < 1.29 is 14.8 Å². The van der Waals surface area contributed by atoms with E-state index in [1.54, 1.807) is 18.2 Å². The first-order valence-electron chi connectivity index (χ1n) is 4.74. The highest BCUT2D eigenvalue weighted by Crippen LogP contribution is 2.19. The molecule has 0 radical (unpaired) electrons. The van der Waals surface area contributed by atoms with Crippen LogP contribution in [-0.2, 0) is 0 Å². The van der Waals surface area contributed by atoms with Crippen molar-refractivity contribution >= 4 is 18.3 Å².